The number of ketones is 1. The molecule has 3 fully saturated rings. The number of halogens is 1. The maximum atomic E-state index is 13.5. The largest absolute Gasteiger partial charge is 0.346 e. The van der Waals surface area contributed by atoms with Crippen LogP contribution in [0.3, 0.4) is 0 Å². The highest BCUT2D eigenvalue weighted by atomic mass is 19.1. The highest BCUT2D eigenvalue weighted by molar-refractivity contribution is 6.43. The predicted octanol–water partition coefficient (Wildman–Crippen LogP) is 2.45. The Bertz CT molecular complexity index is 1090. The number of nitrogens with zero attached hydrogens (tertiary/aromatic N) is 2. The Balaban J connectivity index is 1.53. The van der Waals surface area contributed by atoms with Crippen molar-refractivity contribution in [3.05, 3.63) is 52.6 Å². The van der Waals surface area contributed by atoms with Gasteiger partial charge in [0.25, 0.3) is 17.6 Å². The van der Waals surface area contributed by atoms with Gasteiger partial charge in [-0.05, 0) is 55.9 Å². The van der Waals surface area contributed by atoms with Crippen LogP contribution >= 0.6 is 0 Å². The van der Waals surface area contributed by atoms with E-state index in [1.807, 2.05) is 0 Å². The lowest BCUT2D eigenvalue weighted by atomic mass is 9.50. The van der Waals surface area contributed by atoms with E-state index in [4.69, 9.17) is 5.26 Å². The fraction of sp³-hybridized carbons (Fsp3) is 0.333. The monoisotopic (exact) mass is 394 g/mol. The SMILES string of the molecule is Cc1c(C(=O)C(=O)NC23CC(C2)C3)cn(C)c1C(=O)Nc1ccc(F)c(C#N)c1. The molecule has 148 valence electrons. The van der Waals surface area contributed by atoms with Crippen molar-refractivity contribution in [1.82, 2.24) is 9.88 Å². The van der Waals surface area contributed by atoms with E-state index in [2.05, 4.69) is 10.6 Å². The normalized spacial score (nSPS) is 21.4. The van der Waals surface area contributed by atoms with E-state index in [1.165, 1.54) is 22.9 Å². The Kier molecular flexibility index (Phi) is 4.26. The molecule has 0 atom stereocenters. The Hall–Kier alpha value is -3.47. The van der Waals surface area contributed by atoms with Gasteiger partial charge >= 0.3 is 0 Å². The van der Waals surface area contributed by atoms with Crippen LogP contribution in [0.15, 0.2) is 24.4 Å². The third-order valence-electron chi connectivity index (χ3n) is 5.86. The van der Waals surface area contributed by atoms with Crippen LogP contribution < -0.4 is 10.6 Å². The lowest BCUT2D eigenvalue weighted by Gasteiger charge is -2.61. The topological polar surface area (TPSA) is 104 Å². The molecule has 7 nitrogen and oxygen atoms in total. The van der Waals surface area contributed by atoms with Crippen LogP contribution in [0.5, 0.6) is 0 Å². The lowest BCUT2D eigenvalue weighted by molar-refractivity contribution is -0.128. The van der Waals surface area contributed by atoms with E-state index in [1.54, 1.807) is 20.0 Å². The number of nitrogens with one attached hydrogen (secondary N) is 2. The average molecular weight is 394 g/mol. The lowest BCUT2D eigenvalue weighted by Crippen LogP contribution is -2.68. The molecule has 2 bridgehead atoms. The number of hydrogen-bond acceptors (Lipinski definition) is 4. The Labute approximate surface area is 166 Å². The van der Waals surface area contributed by atoms with Gasteiger partial charge in [0.1, 0.15) is 17.6 Å². The fourth-order valence-corrected chi connectivity index (χ4v) is 4.24. The molecule has 2 amide bonds. The van der Waals surface area contributed by atoms with Crippen molar-refractivity contribution < 1.29 is 18.8 Å². The Morgan fingerprint density at radius 3 is 2.55 bits per heavy atom. The first kappa shape index (κ1) is 18.9. The van der Waals surface area contributed by atoms with Gasteiger partial charge in [-0.15, -0.1) is 0 Å². The molecule has 2 N–H and O–H groups in total. The Morgan fingerprint density at radius 1 is 1.28 bits per heavy atom. The van der Waals surface area contributed by atoms with Crippen LogP contribution in [0.4, 0.5) is 10.1 Å². The Morgan fingerprint density at radius 2 is 1.97 bits per heavy atom. The fourth-order valence-electron chi connectivity index (χ4n) is 4.24. The molecule has 3 aliphatic rings. The maximum Gasteiger partial charge on any atom is 0.292 e. The van der Waals surface area contributed by atoms with Crippen LogP contribution in [0.1, 0.15) is 51.2 Å². The number of aryl methyl sites for hydroxylation is 1. The van der Waals surface area contributed by atoms with E-state index in [0.717, 1.165) is 25.3 Å². The highest BCUT2D eigenvalue weighted by Crippen LogP contribution is 2.56. The predicted molar refractivity (Wildman–Crippen MR) is 102 cm³/mol. The molecule has 5 rings (SSSR count). The van der Waals surface area contributed by atoms with Gasteiger partial charge in [0.05, 0.1) is 5.56 Å². The molecule has 1 aromatic heterocycles. The number of aromatic nitrogens is 1. The van der Waals surface area contributed by atoms with Gasteiger partial charge in [-0.3, -0.25) is 14.4 Å². The van der Waals surface area contributed by atoms with Crippen molar-refractivity contribution in [2.24, 2.45) is 13.0 Å². The van der Waals surface area contributed by atoms with E-state index in [9.17, 15) is 18.8 Å². The summed E-state index contributed by atoms with van der Waals surface area (Å²) in [5, 5.41) is 14.4. The standard InChI is InChI=1S/C21H19FN4O3/c1-11-15(18(27)20(29)25-21-6-12(7-21)8-21)10-26(2)17(11)19(28)24-14-3-4-16(22)13(5-14)9-23/h3-5,10,12H,6-8H2,1-2H3,(H,24,28)(H,25,29). The highest BCUT2D eigenvalue weighted by Gasteiger charge is 2.57. The van der Waals surface area contributed by atoms with Crippen LogP contribution in [-0.2, 0) is 11.8 Å². The number of carbonyl (C=O) groups excluding carboxylic acids is 3. The third kappa shape index (κ3) is 3.09. The molecule has 2 aromatic rings. The van der Waals surface area contributed by atoms with Crippen LogP contribution in [0.2, 0.25) is 0 Å². The molecule has 3 saturated carbocycles. The van der Waals surface area contributed by atoms with Gasteiger partial charge < -0.3 is 15.2 Å². The molecule has 0 radical (unpaired) electrons. The first-order valence-electron chi connectivity index (χ1n) is 9.27. The van der Waals surface area contributed by atoms with Crippen molar-refractivity contribution in [2.75, 3.05) is 5.32 Å². The summed E-state index contributed by atoms with van der Waals surface area (Å²) in [4.78, 5) is 37.7. The number of Topliss-reactive ketones (excluding diaryl/α,β-unsaturated/α-hetero) is 1. The molecule has 8 heteroatoms. The number of nitriles is 1. The molecule has 0 spiro atoms. The van der Waals surface area contributed by atoms with Crippen molar-refractivity contribution in [3.63, 3.8) is 0 Å². The smallest absolute Gasteiger partial charge is 0.292 e. The first-order chi connectivity index (χ1) is 13.7. The summed E-state index contributed by atoms with van der Waals surface area (Å²) in [6.07, 6.45) is 4.24. The summed E-state index contributed by atoms with van der Waals surface area (Å²) in [5.41, 5.74) is 0.607. The van der Waals surface area contributed by atoms with Gasteiger partial charge in [-0.2, -0.15) is 5.26 Å². The number of benzene rings is 1. The molecular formula is C21H19FN4O3. The zero-order valence-corrected chi connectivity index (χ0v) is 16.0. The third-order valence-corrected chi connectivity index (χ3v) is 5.86. The minimum absolute atomic E-state index is 0.165. The molecule has 0 unspecified atom stereocenters. The maximum absolute atomic E-state index is 13.5. The molecule has 0 saturated heterocycles. The number of carbonyl (C=O) groups is 3. The second-order valence-corrected chi connectivity index (χ2v) is 7.93. The molecule has 1 heterocycles. The van der Waals surface area contributed by atoms with Gasteiger partial charge in [-0.1, -0.05) is 0 Å². The van der Waals surface area contributed by atoms with Gasteiger partial charge in [-0.25, -0.2) is 4.39 Å². The van der Waals surface area contributed by atoms with E-state index in [0.29, 0.717) is 11.5 Å². The number of hydrogen-bond donors (Lipinski definition) is 2. The second-order valence-electron chi connectivity index (χ2n) is 7.93. The van der Waals surface area contributed by atoms with Gasteiger partial charge in [0.15, 0.2) is 0 Å². The summed E-state index contributed by atoms with van der Waals surface area (Å²) in [6.45, 7) is 1.60. The van der Waals surface area contributed by atoms with Crippen LogP contribution in [0, 0.1) is 30.0 Å². The minimum atomic E-state index is -0.678. The summed E-state index contributed by atoms with van der Waals surface area (Å²) < 4.78 is 14.9. The van der Waals surface area contributed by atoms with Gasteiger partial charge in [0, 0.05) is 30.0 Å². The molecule has 0 aliphatic heterocycles. The second kappa shape index (κ2) is 6.55. The summed E-state index contributed by atoms with van der Waals surface area (Å²) in [6, 6.07) is 5.38. The quantitative estimate of drug-likeness (QED) is 0.600. The average Bonchev–Trinajstić information content (AvgIpc) is 2.92. The van der Waals surface area contributed by atoms with Crippen molar-refractivity contribution >= 4 is 23.3 Å². The first-order valence-corrected chi connectivity index (χ1v) is 9.27. The van der Waals surface area contributed by atoms with Crippen molar-refractivity contribution in [3.8, 4) is 6.07 Å². The number of amides is 2. The van der Waals surface area contributed by atoms with Crippen LogP contribution in [-0.4, -0.2) is 27.7 Å². The molecule has 3 aliphatic carbocycles. The van der Waals surface area contributed by atoms with E-state index in [-0.39, 0.29) is 28.0 Å². The zero-order chi connectivity index (χ0) is 20.9. The number of anilines is 1. The minimum Gasteiger partial charge on any atom is -0.346 e. The molecular weight excluding hydrogens is 375 g/mol. The van der Waals surface area contributed by atoms with Crippen molar-refractivity contribution in [1.29, 1.82) is 5.26 Å². The van der Waals surface area contributed by atoms with Crippen LogP contribution in [0.25, 0.3) is 0 Å². The summed E-state index contributed by atoms with van der Waals surface area (Å²) in [7, 11) is 1.60. The van der Waals surface area contributed by atoms with Crippen molar-refractivity contribution in [2.45, 2.75) is 31.7 Å². The van der Waals surface area contributed by atoms with E-state index < -0.39 is 23.4 Å². The molecule has 29 heavy (non-hydrogen) atoms. The summed E-state index contributed by atoms with van der Waals surface area (Å²) >= 11 is 0. The summed E-state index contributed by atoms with van der Waals surface area (Å²) in [5.74, 6) is -1.86. The molecule has 1 aromatic carbocycles. The van der Waals surface area contributed by atoms with Gasteiger partial charge in [0.2, 0.25) is 0 Å². The zero-order valence-electron chi connectivity index (χ0n) is 16.0. The number of rotatable bonds is 5. The van der Waals surface area contributed by atoms with E-state index >= 15 is 0 Å².